The van der Waals surface area contributed by atoms with Crippen LogP contribution in [0.3, 0.4) is 0 Å². The molecule has 0 unspecified atom stereocenters. The first-order valence-electron chi connectivity index (χ1n) is 11.6. The zero-order valence-corrected chi connectivity index (χ0v) is 20.5. The zero-order valence-electron chi connectivity index (χ0n) is 19.6. The Labute approximate surface area is 208 Å². The molecule has 3 aromatic rings. The third-order valence-electron chi connectivity index (χ3n) is 5.99. The molecule has 36 heavy (non-hydrogen) atoms. The first kappa shape index (κ1) is 25.7. The predicted octanol–water partition coefficient (Wildman–Crippen LogP) is 4.14. The Morgan fingerprint density at radius 1 is 1.17 bits per heavy atom. The molecule has 1 fully saturated rings. The summed E-state index contributed by atoms with van der Waals surface area (Å²) in [7, 11) is -4.04. The van der Waals surface area contributed by atoms with Gasteiger partial charge < -0.3 is 14.2 Å². The van der Waals surface area contributed by atoms with Crippen molar-refractivity contribution in [2.24, 2.45) is 0 Å². The van der Waals surface area contributed by atoms with Crippen LogP contribution in [-0.4, -0.2) is 48.0 Å². The molecule has 1 aliphatic heterocycles. The second kappa shape index (κ2) is 11.1. The molecule has 0 N–H and O–H groups in total. The third-order valence-corrected chi connectivity index (χ3v) is 7.56. The molecule has 1 amide bonds. The van der Waals surface area contributed by atoms with E-state index in [0.717, 1.165) is 12.8 Å². The van der Waals surface area contributed by atoms with Crippen molar-refractivity contribution in [3.63, 3.8) is 0 Å². The van der Waals surface area contributed by atoms with Crippen LogP contribution in [-0.2, 0) is 33.4 Å². The van der Waals surface area contributed by atoms with Crippen LogP contribution in [0.15, 0.2) is 72.5 Å². The van der Waals surface area contributed by atoms with Gasteiger partial charge in [-0.2, -0.15) is 0 Å². The number of halogens is 2. The normalized spacial score (nSPS) is 15.7. The van der Waals surface area contributed by atoms with E-state index in [1.807, 2.05) is 0 Å². The number of benzene rings is 2. The average molecular weight is 516 g/mol. The number of aromatic nitrogens is 2. The topological polar surface area (TPSA) is 81.5 Å². The van der Waals surface area contributed by atoms with Crippen molar-refractivity contribution < 1.29 is 26.7 Å². The van der Waals surface area contributed by atoms with E-state index in [2.05, 4.69) is 11.6 Å². The smallest absolute Gasteiger partial charge is 0.257 e. The molecule has 0 saturated carbocycles. The molecule has 4 rings (SSSR count). The molecular weight excluding hydrogens is 488 g/mol. The molecular formula is C26H27F2N3O4S. The van der Waals surface area contributed by atoms with Crippen LogP contribution in [0.25, 0.3) is 0 Å². The summed E-state index contributed by atoms with van der Waals surface area (Å²) in [6, 6.07) is 11.3. The molecule has 0 radical (unpaired) electrons. The van der Waals surface area contributed by atoms with E-state index in [1.165, 1.54) is 58.1 Å². The molecule has 10 heteroatoms. The van der Waals surface area contributed by atoms with Gasteiger partial charge in [-0.1, -0.05) is 36.4 Å². The van der Waals surface area contributed by atoms with Gasteiger partial charge in [0.05, 0.1) is 42.4 Å². The fourth-order valence-electron chi connectivity index (χ4n) is 4.21. The molecule has 7 nitrogen and oxygen atoms in total. The quantitative estimate of drug-likeness (QED) is 0.379. The fraction of sp³-hybridized carbons (Fsp3) is 0.308. The Bertz CT molecular complexity index is 1350. The number of hydrogen-bond acceptors (Lipinski definition) is 5. The van der Waals surface area contributed by atoms with Crippen molar-refractivity contribution in [1.29, 1.82) is 0 Å². The maximum Gasteiger partial charge on any atom is 0.257 e. The van der Waals surface area contributed by atoms with Crippen LogP contribution < -0.4 is 0 Å². The number of carbonyl (C=O) groups excluding carboxylic acids is 1. The van der Waals surface area contributed by atoms with Crippen molar-refractivity contribution in [1.82, 2.24) is 14.5 Å². The van der Waals surface area contributed by atoms with Crippen molar-refractivity contribution in [3.8, 4) is 0 Å². The number of carbonyl (C=O) groups is 1. The van der Waals surface area contributed by atoms with Gasteiger partial charge in [-0.15, -0.1) is 6.58 Å². The van der Waals surface area contributed by atoms with Crippen LogP contribution in [0.1, 0.15) is 34.5 Å². The van der Waals surface area contributed by atoms with Crippen LogP contribution in [0.2, 0.25) is 0 Å². The Hall–Kier alpha value is -3.37. The summed E-state index contributed by atoms with van der Waals surface area (Å²) in [4.78, 5) is 18.7. The number of amides is 1. The van der Waals surface area contributed by atoms with E-state index in [1.54, 1.807) is 12.1 Å². The maximum absolute atomic E-state index is 14.3. The van der Waals surface area contributed by atoms with Crippen molar-refractivity contribution in [3.05, 3.63) is 95.8 Å². The molecule has 190 valence electrons. The molecule has 1 atom stereocenters. The number of nitrogens with zero attached hydrogens (tertiary/aromatic N) is 3. The highest BCUT2D eigenvalue weighted by molar-refractivity contribution is 7.90. The van der Waals surface area contributed by atoms with Crippen LogP contribution in [0.4, 0.5) is 8.78 Å². The van der Waals surface area contributed by atoms with Crippen molar-refractivity contribution in [2.75, 3.05) is 13.2 Å². The van der Waals surface area contributed by atoms with E-state index < -0.39 is 33.1 Å². The number of ether oxygens (including phenoxy) is 1. The number of sulfone groups is 1. The van der Waals surface area contributed by atoms with Crippen LogP contribution >= 0.6 is 0 Å². The van der Waals surface area contributed by atoms with E-state index in [0.29, 0.717) is 12.3 Å². The van der Waals surface area contributed by atoms with Gasteiger partial charge in [0.1, 0.15) is 11.6 Å². The summed E-state index contributed by atoms with van der Waals surface area (Å²) in [6.45, 7) is 4.53. The predicted molar refractivity (Wildman–Crippen MR) is 130 cm³/mol. The maximum atomic E-state index is 14.3. The molecule has 1 saturated heterocycles. The molecule has 0 spiro atoms. The number of rotatable bonds is 10. The summed E-state index contributed by atoms with van der Waals surface area (Å²) in [6.07, 6.45) is 4.26. The lowest BCUT2D eigenvalue weighted by atomic mass is 10.1. The molecule has 0 bridgehead atoms. The Morgan fingerprint density at radius 2 is 1.89 bits per heavy atom. The highest BCUT2D eigenvalue weighted by atomic mass is 32.2. The van der Waals surface area contributed by atoms with Crippen LogP contribution in [0, 0.1) is 11.6 Å². The Morgan fingerprint density at radius 3 is 2.56 bits per heavy atom. The first-order valence-corrected chi connectivity index (χ1v) is 13.2. The second-order valence-corrected chi connectivity index (χ2v) is 10.5. The average Bonchev–Trinajstić information content (AvgIpc) is 3.51. The third kappa shape index (κ3) is 5.71. The molecule has 1 aliphatic rings. The summed E-state index contributed by atoms with van der Waals surface area (Å²) in [5.41, 5.74) is 0.370. The highest BCUT2D eigenvalue weighted by Gasteiger charge is 2.29. The highest BCUT2D eigenvalue weighted by Crippen LogP contribution is 2.24. The first-order chi connectivity index (χ1) is 17.3. The zero-order chi connectivity index (χ0) is 25.7. The van der Waals surface area contributed by atoms with Gasteiger partial charge in [0.25, 0.3) is 5.91 Å². The summed E-state index contributed by atoms with van der Waals surface area (Å²) in [5.74, 6) is -2.40. The van der Waals surface area contributed by atoms with E-state index in [9.17, 15) is 22.0 Å². The molecule has 2 aromatic carbocycles. The molecule has 0 aliphatic carbocycles. The fourth-order valence-corrected chi connectivity index (χ4v) is 5.73. The second-order valence-electron chi connectivity index (χ2n) is 8.58. The van der Waals surface area contributed by atoms with Gasteiger partial charge in [-0.05, 0) is 31.0 Å². The minimum absolute atomic E-state index is 0.0336. The Balaban J connectivity index is 1.69. The lowest BCUT2D eigenvalue weighted by Crippen LogP contribution is -2.33. The molecule has 2 heterocycles. The standard InChI is InChI=1S/C26H27F2N3O4S/c1-2-13-30(25(32)22-10-4-6-12-24(22)28)16-20-15-29-26(31(20)17-21-9-7-14-35-21)36(33,34)18-19-8-3-5-11-23(19)27/h2-6,8,10-12,15,21H,1,7,9,13-14,16-18H2/t21-/m0/s1. The number of imidazole rings is 1. The minimum Gasteiger partial charge on any atom is -0.376 e. The van der Waals surface area contributed by atoms with Gasteiger partial charge in [0.15, 0.2) is 0 Å². The van der Waals surface area contributed by atoms with Gasteiger partial charge >= 0.3 is 0 Å². The van der Waals surface area contributed by atoms with E-state index in [4.69, 9.17) is 4.74 Å². The summed E-state index contributed by atoms with van der Waals surface area (Å²) < 4.78 is 62.4. The lowest BCUT2D eigenvalue weighted by molar-refractivity contribution is 0.0747. The number of hydrogen-bond donors (Lipinski definition) is 0. The van der Waals surface area contributed by atoms with Crippen molar-refractivity contribution >= 4 is 15.7 Å². The van der Waals surface area contributed by atoms with E-state index >= 15 is 0 Å². The lowest BCUT2D eigenvalue weighted by Gasteiger charge is -2.23. The van der Waals surface area contributed by atoms with Gasteiger partial charge in [-0.3, -0.25) is 4.79 Å². The van der Waals surface area contributed by atoms with Gasteiger partial charge in [-0.25, -0.2) is 22.2 Å². The summed E-state index contributed by atoms with van der Waals surface area (Å²) in [5, 5.41) is -0.229. The SMILES string of the molecule is C=CCN(Cc1cnc(S(=O)(=O)Cc2ccccc2F)n1C[C@@H]1CCCO1)C(=O)c1ccccc1F. The van der Waals surface area contributed by atoms with E-state index in [-0.39, 0.29) is 42.0 Å². The van der Waals surface area contributed by atoms with Gasteiger partial charge in [0.2, 0.25) is 15.0 Å². The van der Waals surface area contributed by atoms with Gasteiger partial charge in [0, 0.05) is 18.7 Å². The molecule has 1 aromatic heterocycles. The minimum atomic E-state index is -4.04. The van der Waals surface area contributed by atoms with Crippen molar-refractivity contribution in [2.45, 2.75) is 42.9 Å². The monoisotopic (exact) mass is 515 g/mol. The summed E-state index contributed by atoms with van der Waals surface area (Å²) >= 11 is 0. The Kier molecular flexibility index (Phi) is 7.95. The van der Waals surface area contributed by atoms with Crippen LogP contribution in [0.5, 0.6) is 0 Å². The largest absolute Gasteiger partial charge is 0.376 e.